The van der Waals surface area contributed by atoms with Gasteiger partial charge in [0.25, 0.3) is 0 Å². The summed E-state index contributed by atoms with van der Waals surface area (Å²) in [5, 5.41) is 0. The van der Waals surface area contributed by atoms with Crippen molar-refractivity contribution < 1.29 is 8.42 Å². The van der Waals surface area contributed by atoms with Crippen LogP contribution in [0.15, 0.2) is 22.7 Å². The van der Waals surface area contributed by atoms with Crippen LogP contribution in [-0.4, -0.2) is 33.0 Å². The van der Waals surface area contributed by atoms with E-state index in [2.05, 4.69) is 20.8 Å². The van der Waals surface area contributed by atoms with Crippen molar-refractivity contribution in [3.8, 4) is 0 Å². The molecule has 1 heterocycles. The number of nitrogens with zero attached hydrogens (tertiary/aromatic N) is 1. The highest BCUT2D eigenvalue weighted by Crippen LogP contribution is 2.27. The largest absolute Gasteiger partial charge is 0.370 e. The summed E-state index contributed by atoms with van der Waals surface area (Å²) in [6.45, 7) is 1.32. The molecule has 1 saturated heterocycles. The molecule has 0 aromatic heterocycles. The fraction of sp³-hybridized carbons (Fsp3) is 0.500. The zero-order valence-corrected chi connectivity index (χ0v) is 13.1. The topological polar surface area (TPSA) is 37.4 Å². The molecule has 0 spiro atoms. The van der Waals surface area contributed by atoms with Gasteiger partial charge in [-0.15, -0.1) is 11.6 Å². The molecule has 1 aliphatic heterocycles. The van der Waals surface area contributed by atoms with Gasteiger partial charge in [0.15, 0.2) is 9.84 Å². The van der Waals surface area contributed by atoms with Gasteiger partial charge in [-0.25, -0.2) is 8.42 Å². The number of anilines is 1. The van der Waals surface area contributed by atoms with Crippen LogP contribution in [0.5, 0.6) is 0 Å². The fourth-order valence-electron chi connectivity index (χ4n) is 2.15. The lowest BCUT2D eigenvalue weighted by atomic mass is 10.1. The molecule has 3 nitrogen and oxygen atoms in total. The third kappa shape index (κ3) is 3.39. The van der Waals surface area contributed by atoms with Crippen molar-refractivity contribution in [2.24, 2.45) is 0 Å². The summed E-state index contributed by atoms with van der Waals surface area (Å²) in [4.78, 5) is 2.12. The Hall–Kier alpha value is -0.260. The van der Waals surface area contributed by atoms with Crippen molar-refractivity contribution >= 4 is 43.1 Å². The predicted octanol–water partition coefficient (Wildman–Crippen LogP) is 2.81. The summed E-state index contributed by atoms with van der Waals surface area (Å²) < 4.78 is 24.2. The molecule has 1 aromatic rings. The molecule has 0 amide bonds. The Morgan fingerprint density at radius 3 is 2.78 bits per heavy atom. The van der Waals surface area contributed by atoms with Crippen molar-refractivity contribution in [2.75, 3.05) is 29.5 Å². The Kier molecular flexibility index (Phi) is 4.56. The maximum atomic E-state index is 11.6. The first-order valence-corrected chi connectivity index (χ1v) is 8.96. The van der Waals surface area contributed by atoms with Gasteiger partial charge in [0.05, 0.1) is 11.5 Å². The number of rotatable bonds is 2. The molecule has 0 atom stereocenters. The summed E-state index contributed by atoms with van der Waals surface area (Å²) in [6.07, 6.45) is 0.681. The molecule has 1 fully saturated rings. The Balaban J connectivity index is 2.26. The molecule has 0 saturated carbocycles. The molecule has 100 valence electrons. The first-order chi connectivity index (χ1) is 8.52. The van der Waals surface area contributed by atoms with E-state index >= 15 is 0 Å². The van der Waals surface area contributed by atoms with E-state index in [1.807, 2.05) is 18.2 Å². The lowest BCUT2D eigenvalue weighted by molar-refractivity contribution is 0.597. The van der Waals surface area contributed by atoms with Crippen LogP contribution in [0.4, 0.5) is 5.69 Å². The SMILES string of the molecule is O=S1(=O)CCCN(c2ccc(Br)cc2CCl)CC1. The van der Waals surface area contributed by atoms with Crippen LogP contribution in [0.1, 0.15) is 12.0 Å². The van der Waals surface area contributed by atoms with Crippen LogP contribution in [0.3, 0.4) is 0 Å². The maximum absolute atomic E-state index is 11.6. The number of alkyl halides is 1. The van der Waals surface area contributed by atoms with Gasteiger partial charge < -0.3 is 4.90 Å². The van der Waals surface area contributed by atoms with E-state index < -0.39 is 9.84 Å². The molecule has 6 heteroatoms. The molecule has 0 N–H and O–H groups in total. The Bertz CT molecular complexity index is 533. The zero-order chi connectivity index (χ0) is 13.2. The normalized spacial score (nSPS) is 19.6. The van der Waals surface area contributed by atoms with Crippen LogP contribution in [0, 0.1) is 0 Å². The third-order valence-electron chi connectivity index (χ3n) is 3.08. The highest BCUT2D eigenvalue weighted by Gasteiger charge is 2.20. The van der Waals surface area contributed by atoms with Crippen LogP contribution in [0.25, 0.3) is 0 Å². The molecule has 0 unspecified atom stereocenters. The second kappa shape index (κ2) is 5.80. The summed E-state index contributed by atoms with van der Waals surface area (Å²) in [5.74, 6) is 0.944. The van der Waals surface area contributed by atoms with Crippen LogP contribution >= 0.6 is 27.5 Å². The number of halogens is 2. The van der Waals surface area contributed by atoms with Crippen molar-refractivity contribution in [1.82, 2.24) is 0 Å². The first kappa shape index (κ1) is 14.2. The van der Waals surface area contributed by atoms with Gasteiger partial charge in [0, 0.05) is 29.1 Å². The Morgan fingerprint density at radius 2 is 2.06 bits per heavy atom. The number of hydrogen-bond donors (Lipinski definition) is 0. The third-order valence-corrected chi connectivity index (χ3v) is 5.58. The average Bonchev–Trinajstić information content (AvgIpc) is 2.50. The van der Waals surface area contributed by atoms with E-state index in [9.17, 15) is 8.42 Å². The Morgan fingerprint density at radius 1 is 1.28 bits per heavy atom. The highest BCUT2D eigenvalue weighted by molar-refractivity contribution is 9.10. The zero-order valence-electron chi connectivity index (χ0n) is 9.90. The van der Waals surface area contributed by atoms with Crippen molar-refractivity contribution in [3.63, 3.8) is 0 Å². The van der Waals surface area contributed by atoms with Crippen LogP contribution in [-0.2, 0) is 15.7 Å². The van der Waals surface area contributed by atoms with Crippen LogP contribution in [0.2, 0.25) is 0 Å². The van der Waals surface area contributed by atoms with E-state index in [1.54, 1.807) is 0 Å². The summed E-state index contributed by atoms with van der Waals surface area (Å²) in [6, 6.07) is 5.95. The quantitative estimate of drug-likeness (QED) is 0.768. The van der Waals surface area contributed by atoms with E-state index in [0.29, 0.717) is 18.8 Å². The first-order valence-electron chi connectivity index (χ1n) is 5.81. The van der Waals surface area contributed by atoms with Crippen molar-refractivity contribution in [3.05, 3.63) is 28.2 Å². The van der Waals surface area contributed by atoms with E-state index in [-0.39, 0.29) is 11.5 Å². The highest BCUT2D eigenvalue weighted by atomic mass is 79.9. The molecule has 1 aliphatic rings. The predicted molar refractivity (Wildman–Crippen MR) is 79.2 cm³/mol. The van der Waals surface area contributed by atoms with E-state index in [1.165, 1.54) is 0 Å². The second-order valence-electron chi connectivity index (χ2n) is 4.40. The number of sulfone groups is 1. The molecule has 18 heavy (non-hydrogen) atoms. The summed E-state index contributed by atoms with van der Waals surface area (Å²) in [5.41, 5.74) is 2.08. The van der Waals surface area contributed by atoms with Gasteiger partial charge in [-0.1, -0.05) is 15.9 Å². The lowest BCUT2D eigenvalue weighted by Gasteiger charge is -2.24. The minimum atomic E-state index is -2.87. The standard InChI is InChI=1S/C12H15BrClNO2S/c13-11-2-3-12(10(8-11)9-14)15-4-1-6-18(16,17)7-5-15/h2-3,8H,1,4-7,9H2. The van der Waals surface area contributed by atoms with E-state index in [4.69, 9.17) is 11.6 Å². The van der Waals surface area contributed by atoms with Gasteiger partial charge in [-0.05, 0) is 30.2 Å². The van der Waals surface area contributed by atoms with E-state index in [0.717, 1.165) is 22.3 Å². The minimum Gasteiger partial charge on any atom is -0.370 e. The number of benzene rings is 1. The lowest BCUT2D eigenvalue weighted by Crippen LogP contribution is -2.27. The molecule has 0 radical (unpaired) electrons. The van der Waals surface area contributed by atoms with Crippen molar-refractivity contribution in [1.29, 1.82) is 0 Å². The van der Waals surface area contributed by atoms with Gasteiger partial charge in [0.1, 0.15) is 0 Å². The Labute approximate surface area is 121 Å². The molecule has 0 bridgehead atoms. The second-order valence-corrected chi connectivity index (χ2v) is 7.89. The average molecular weight is 353 g/mol. The smallest absolute Gasteiger partial charge is 0.152 e. The molecule has 0 aliphatic carbocycles. The van der Waals surface area contributed by atoms with Crippen molar-refractivity contribution in [2.45, 2.75) is 12.3 Å². The summed E-state index contributed by atoms with van der Waals surface area (Å²) in [7, 11) is -2.87. The van der Waals surface area contributed by atoms with Crippen LogP contribution < -0.4 is 4.90 Å². The van der Waals surface area contributed by atoms with Gasteiger partial charge in [-0.2, -0.15) is 0 Å². The molecular weight excluding hydrogens is 338 g/mol. The molecule has 1 aromatic carbocycles. The maximum Gasteiger partial charge on any atom is 0.152 e. The fourth-order valence-corrected chi connectivity index (χ4v) is 4.04. The van der Waals surface area contributed by atoms with Gasteiger partial charge in [0.2, 0.25) is 0 Å². The molecule has 2 rings (SSSR count). The van der Waals surface area contributed by atoms with Gasteiger partial charge >= 0.3 is 0 Å². The monoisotopic (exact) mass is 351 g/mol. The summed E-state index contributed by atoms with van der Waals surface area (Å²) >= 11 is 9.38. The minimum absolute atomic E-state index is 0.227. The number of hydrogen-bond acceptors (Lipinski definition) is 3. The van der Waals surface area contributed by atoms with Gasteiger partial charge in [-0.3, -0.25) is 0 Å². The molecular formula is C12H15BrClNO2S.